The molecule has 0 N–H and O–H groups in total. The number of pyridine rings is 1. The van der Waals surface area contributed by atoms with E-state index in [-0.39, 0.29) is 0 Å². The zero-order chi connectivity index (χ0) is 39.3. The summed E-state index contributed by atoms with van der Waals surface area (Å²) in [5, 5.41) is 10.1. The molecule has 13 rings (SSSR count). The summed E-state index contributed by atoms with van der Waals surface area (Å²) in [4.78, 5) is 15.0. The average Bonchev–Trinajstić information content (AvgIpc) is 3.84. The van der Waals surface area contributed by atoms with Gasteiger partial charge in [-0.15, -0.1) is 0 Å². The summed E-state index contributed by atoms with van der Waals surface area (Å²) in [5.74, 6) is 1.92. The van der Waals surface area contributed by atoms with E-state index in [0.717, 1.165) is 33.4 Å². The number of fused-ring (bicyclic) bond motifs is 9. The first kappa shape index (κ1) is 32.9. The maximum atomic E-state index is 5.03. The van der Waals surface area contributed by atoms with Crippen LogP contribution in [0.5, 0.6) is 0 Å². The molecule has 4 aromatic heterocycles. The summed E-state index contributed by atoms with van der Waals surface area (Å²) in [6.45, 7) is 0. The van der Waals surface area contributed by atoms with E-state index in [1.807, 2.05) is 60.7 Å². The zero-order valence-electron chi connectivity index (χ0n) is 32.3. The Bertz CT molecular complexity index is 3750. The van der Waals surface area contributed by atoms with Gasteiger partial charge in [0, 0.05) is 54.7 Å². The fourth-order valence-corrected chi connectivity index (χ4v) is 9.58. The molecule has 0 amide bonds. The number of hydrogen-bond acceptors (Lipinski definition) is 3. The van der Waals surface area contributed by atoms with Gasteiger partial charge in [0.15, 0.2) is 17.5 Å². The molecule has 278 valence electrons. The van der Waals surface area contributed by atoms with Crippen LogP contribution in [0.3, 0.4) is 0 Å². The number of hydrogen-bond donors (Lipinski definition) is 0. The summed E-state index contributed by atoms with van der Waals surface area (Å²) < 4.78 is 4.84. The molecule has 13 aromatic rings. The molecule has 4 heterocycles. The Balaban J connectivity index is 0.968. The van der Waals surface area contributed by atoms with Gasteiger partial charge >= 0.3 is 0 Å². The summed E-state index contributed by atoms with van der Waals surface area (Å²) in [6, 6.07) is 71.5. The van der Waals surface area contributed by atoms with Gasteiger partial charge in [0.25, 0.3) is 0 Å². The first-order valence-electron chi connectivity index (χ1n) is 20.4. The smallest absolute Gasteiger partial charge is 0.164 e. The summed E-state index contributed by atoms with van der Waals surface area (Å²) in [5.41, 5.74) is 12.3. The van der Waals surface area contributed by atoms with E-state index < -0.39 is 0 Å². The van der Waals surface area contributed by atoms with Crippen molar-refractivity contribution >= 4 is 70.7 Å². The van der Waals surface area contributed by atoms with Crippen LogP contribution in [0.1, 0.15) is 0 Å². The topological polar surface area (TPSA) is 48.0 Å². The van der Waals surface area contributed by atoms with Crippen LogP contribution in [0.2, 0.25) is 0 Å². The SMILES string of the molecule is c1ccc(-c2nc(-c3ccccc3)nc(-c3cccc(-n4c5ccccc5c5cc(-c6ccc7c(c6)c6ccc8cccc9c%10ccccc%10n7c6c89)ccc54)c3)n2)cc1. The molecule has 0 aliphatic carbocycles. The third-order valence-electron chi connectivity index (χ3n) is 12.3. The van der Waals surface area contributed by atoms with Crippen molar-refractivity contribution < 1.29 is 0 Å². The first-order valence-corrected chi connectivity index (χ1v) is 20.4. The lowest BCUT2D eigenvalue weighted by atomic mass is 9.98. The van der Waals surface area contributed by atoms with Gasteiger partial charge in [-0.25, -0.2) is 15.0 Å². The highest BCUT2D eigenvalue weighted by Gasteiger charge is 2.20. The van der Waals surface area contributed by atoms with Crippen molar-refractivity contribution in [2.24, 2.45) is 0 Å². The maximum absolute atomic E-state index is 5.03. The molecule has 0 aliphatic rings. The van der Waals surface area contributed by atoms with Crippen LogP contribution in [-0.2, 0) is 0 Å². The number of rotatable bonds is 5. The molecule has 0 unspecified atom stereocenters. The second kappa shape index (κ2) is 12.7. The molecular weight excluding hydrogens is 731 g/mol. The van der Waals surface area contributed by atoms with Gasteiger partial charge in [-0.05, 0) is 70.4 Å². The largest absolute Gasteiger partial charge is 0.309 e. The molecule has 9 aromatic carbocycles. The van der Waals surface area contributed by atoms with E-state index in [1.54, 1.807) is 0 Å². The highest BCUT2D eigenvalue weighted by atomic mass is 15.0. The van der Waals surface area contributed by atoms with Gasteiger partial charge in [-0.1, -0.05) is 152 Å². The molecule has 5 heteroatoms. The molecule has 0 spiro atoms. The van der Waals surface area contributed by atoms with Gasteiger partial charge in [0.1, 0.15) is 0 Å². The Morgan fingerprint density at radius 2 is 0.817 bits per heavy atom. The summed E-state index contributed by atoms with van der Waals surface area (Å²) >= 11 is 0. The van der Waals surface area contributed by atoms with Crippen LogP contribution in [0, 0.1) is 0 Å². The molecule has 60 heavy (non-hydrogen) atoms. The van der Waals surface area contributed by atoms with Crippen LogP contribution in [0.25, 0.3) is 122 Å². The fourth-order valence-electron chi connectivity index (χ4n) is 9.58. The molecule has 0 saturated carbocycles. The molecule has 0 atom stereocenters. The van der Waals surface area contributed by atoms with E-state index >= 15 is 0 Å². The predicted molar refractivity (Wildman–Crippen MR) is 248 cm³/mol. The Hall–Kier alpha value is -8.15. The van der Waals surface area contributed by atoms with Crippen LogP contribution >= 0.6 is 0 Å². The third kappa shape index (κ3) is 4.84. The second-order valence-electron chi connectivity index (χ2n) is 15.6. The third-order valence-corrected chi connectivity index (χ3v) is 12.3. The Labute approximate surface area is 344 Å². The van der Waals surface area contributed by atoms with Crippen molar-refractivity contribution in [1.82, 2.24) is 23.9 Å². The maximum Gasteiger partial charge on any atom is 0.164 e. The molecular formula is C55H33N5. The van der Waals surface area contributed by atoms with Crippen molar-refractivity contribution in [2.45, 2.75) is 0 Å². The average molecular weight is 764 g/mol. The van der Waals surface area contributed by atoms with Gasteiger partial charge in [0.2, 0.25) is 0 Å². The minimum absolute atomic E-state index is 0.632. The van der Waals surface area contributed by atoms with Crippen molar-refractivity contribution in [3.05, 3.63) is 200 Å². The van der Waals surface area contributed by atoms with E-state index in [4.69, 9.17) is 15.0 Å². The van der Waals surface area contributed by atoms with Gasteiger partial charge in [0.05, 0.1) is 27.6 Å². The molecule has 0 saturated heterocycles. The van der Waals surface area contributed by atoms with Crippen LogP contribution in [0.4, 0.5) is 0 Å². The minimum atomic E-state index is 0.632. The first-order chi connectivity index (χ1) is 29.7. The van der Waals surface area contributed by atoms with Gasteiger partial charge < -0.3 is 8.97 Å². The summed E-state index contributed by atoms with van der Waals surface area (Å²) in [6.07, 6.45) is 0. The highest BCUT2D eigenvalue weighted by molar-refractivity contribution is 6.28. The zero-order valence-corrected chi connectivity index (χ0v) is 32.3. The Morgan fingerprint density at radius 1 is 0.300 bits per heavy atom. The molecule has 0 bridgehead atoms. The molecule has 0 radical (unpaired) electrons. The fraction of sp³-hybridized carbons (Fsp3) is 0. The lowest BCUT2D eigenvalue weighted by molar-refractivity contribution is 1.07. The van der Waals surface area contributed by atoms with Crippen molar-refractivity contribution in [3.63, 3.8) is 0 Å². The normalized spacial score (nSPS) is 12.0. The van der Waals surface area contributed by atoms with E-state index in [0.29, 0.717) is 17.5 Å². The number of benzene rings is 9. The molecule has 5 nitrogen and oxygen atoms in total. The number of aromatic nitrogens is 5. The van der Waals surface area contributed by atoms with E-state index in [1.165, 1.54) is 70.8 Å². The van der Waals surface area contributed by atoms with E-state index in [9.17, 15) is 0 Å². The lowest BCUT2D eigenvalue weighted by Gasteiger charge is -2.12. The Morgan fingerprint density at radius 3 is 1.53 bits per heavy atom. The lowest BCUT2D eigenvalue weighted by Crippen LogP contribution is -2.01. The highest BCUT2D eigenvalue weighted by Crippen LogP contribution is 2.43. The van der Waals surface area contributed by atoms with Crippen LogP contribution in [0.15, 0.2) is 200 Å². The quantitative estimate of drug-likeness (QED) is 0.130. The monoisotopic (exact) mass is 763 g/mol. The van der Waals surface area contributed by atoms with E-state index in [2.05, 4.69) is 148 Å². The molecule has 0 aliphatic heterocycles. The number of para-hydroxylation sites is 2. The van der Waals surface area contributed by atoms with Crippen LogP contribution in [-0.4, -0.2) is 23.9 Å². The standard InChI is InChI=1S/C55H33N5/c1-3-13-35(14-4-1)53-56-54(36-15-5-2-6-16-36)58-55(57-53)39-18-11-19-40(31-39)59-47-23-9-8-21-42(47)45-32-37(26-29-49(45)59)38-27-30-50-46(33-38)44-28-25-34-17-12-22-43-41-20-7-10-24-48(41)60(50)52(44)51(34)43/h1-33H. The van der Waals surface area contributed by atoms with Gasteiger partial charge in [-0.3, -0.25) is 0 Å². The van der Waals surface area contributed by atoms with Crippen molar-refractivity contribution in [2.75, 3.05) is 0 Å². The Kier molecular flexibility index (Phi) is 6.95. The summed E-state index contributed by atoms with van der Waals surface area (Å²) in [7, 11) is 0. The number of nitrogens with zero attached hydrogens (tertiary/aromatic N) is 5. The van der Waals surface area contributed by atoms with Crippen molar-refractivity contribution in [1.29, 1.82) is 0 Å². The predicted octanol–water partition coefficient (Wildman–Crippen LogP) is 13.9. The molecule has 0 fully saturated rings. The minimum Gasteiger partial charge on any atom is -0.309 e. The van der Waals surface area contributed by atoms with Crippen molar-refractivity contribution in [3.8, 4) is 51.0 Å². The van der Waals surface area contributed by atoms with Crippen LogP contribution < -0.4 is 0 Å². The second-order valence-corrected chi connectivity index (χ2v) is 15.6. The van der Waals surface area contributed by atoms with Gasteiger partial charge in [-0.2, -0.15) is 0 Å².